The molecule has 1 aromatic carbocycles. The summed E-state index contributed by atoms with van der Waals surface area (Å²) >= 11 is 0. The van der Waals surface area contributed by atoms with Crippen LogP contribution in [-0.2, 0) is 16.0 Å². The summed E-state index contributed by atoms with van der Waals surface area (Å²) < 4.78 is 5.45. The summed E-state index contributed by atoms with van der Waals surface area (Å²) in [6.45, 7) is 1.80. The molecule has 6 nitrogen and oxygen atoms in total. The number of ketones is 1. The van der Waals surface area contributed by atoms with E-state index in [-0.39, 0.29) is 36.5 Å². The van der Waals surface area contributed by atoms with Crippen molar-refractivity contribution in [2.24, 2.45) is 0 Å². The highest BCUT2D eigenvalue weighted by Crippen LogP contribution is 2.29. The van der Waals surface area contributed by atoms with Gasteiger partial charge in [-0.25, -0.2) is 4.79 Å². The first-order valence-corrected chi connectivity index (χ1v) is 9.63. The number of carbonyl (C=O) groups is 2. The van der Waals surface area contributed by atoms with Crippen molar-refractivity contribution in [1.82, 2.24) is 0 Å². The van der Waals surface area contributed by atoms with Gasteiger partial charge >= 0.3 is 5.97 Å². The molecule has 3 N–H and O–H groups in total. The lowest BCUT2D eigenvalue weighted by atomic mass is 9.95. The Kier molecular flexibility index (Phi) is 8.42. The van der Waals surface area contributed by atoms with Gasteiger partial charge in [0.1, 0.15) is 17.4 Å². The van der Waals surface area contributed by atoms with Gasteiger partial charge in [-0.1, -0.05) is 24.3 Å². The molecule has 0 radical (unpaired) electrons. The van der Waals surface area contributed by atoms with E-state index in [4.69, 9.17) is 9.84 Å². The predicted octanol–water partition coefficient (Wildman–Crippen LogP) is 2.94. The lowest BCUT2D eigenvalue weighted by Crippen LogP contribution is -2.17. The maximum atomic E-state index is 12.7. The molecule has 0 unspecified atom stereocenters. The molecule has 0 fully saturated rings. The summed E-state index contributed by atoms with van der Waals surface area (Å²) in [6, 6.07) is 3.22. The number of aliphatic hydroxyl groups is 2. The average molecular weight is 388 g/mol. The Morgan fingerprint density at radius 1 is 1.11 bits per heavy atom. The zero-order valence-corrected chi connectivity index (χ0v) is 16.1. The van der Waals surface area contributed by atoms with E-state index in [9.17, 15) is 19.8 Å². The van der Waals surface area contributed by atoms with Gasteiger partial charge in [-0.15, -0.1) is 0 Å². The van der Waals surface area contributed by atoms with Crippen molar-refractivity contribution in [2.75, 3.05) is 6.61 Å². The number of aromatic hydroxyl groups is 1. The second kappa shape index (κ2) is 10.8. The Morgan fingerprint density at radius 2 is 1.86 bits per heavy atom. The Labute approximate surface area is 165 Å². The van der Waals surface area contributed by atoms with E-state index in [1.165, 1.54) is 12.1 Å². The molecule has 1 aliphatic heterocycles. The lowest BCUT2D eigenvalue weighted by Gasteiger charge is -2.17. The molecule has 1 heterocycles. The second-order valence-electron chi connectivity index (χ2n) is 7.03. The fraction of sp³-hybridized carbons (Fsp3) is 0.455. The van der Waals surface area contributed by atoms with Crippen LogP contribution in [0.4, 0.5) is 0 Å². The monoisotopic (exact) mass is 388 g/mol. The van der Waals surface area contributed by atoms with Gasteiger partial charge in [-0.05, 0) is 55.9 Å². The summed E-state index contributed by atoms with van der Waals surface area (Å²) in [5, 5.41) is 29.4. The molecule has 6 heteroatoms. The van der Waals surface area contributed by atoms with Crippen molar-refractivity contribution in [3.63, 3.8) is 0 Å². The van der Waals surface area contributed by atoms with Crippen LogP contribution < -0.4 is 0 Å². The highest BCUT2D eigenvalue weighted by atomic mass is 16.5. The molecule has 2 atom stereocenters. The number of phenolic OH excluding ortho intramolecular Hbond substituents is 1. The number of rotatable bonds is 4. The van der Waals surface area contributed by atoms with Gasteiger partial charge in [-0.3, -0.25) is 4.79 Å². The topological polar surface area (TPSA) is 104 Å². The maximum Gasteiger partial charge on any atom is 0.342 e. The molecule has 0 bridgehead atoms. The number of unbranched alkanes of at least 4 members (excludes halogenated alkanes) is 1. The SMILES string of the molecule is C[C@H]1C/C=C\C(=O)C[C@@H](O)C/C=C/c2c(CCCCO)ccc(O)c2C(=O)O1. The van der Waals surface area contributed by atoms with Gasteiger partial charge in [0.15, 0.2) is 5.78 Å². The summed E-state index contributed by atoms with van der Waals surface area (Å²) in [6.07, 6.45) is 7.72. The standard InChI is InChI=1S/C22H28O6/c1-15-6-4-8-17(24)14-18(25)9-5-10-19-16(7-2-3-13-23)11-12-20(26)21(19)22(27)28-15/h4-5,8,10-12,15,18,23,25-26H,2-3,6-7,9,13-14H2,1H3/b8-4-,10-5+/t15-,18-/m0/s1. The number of allylic oxidation sites excluding steroid dienone is 1. The quantitative estimate of drug-likeness (QED) is 0.541. The second-order valence-corrected chi connectivity index (χ2v) is 7.03. The van der Waals surface area contributed by atoms with Crippen molar-refractivity contribution >= 4 is 17.8 Å². The molecule has 0 aromatic heterocycles. The van der Waals surface area contributed by atoms with Crippen molar-refractivity contribution < 1.29 is 29.6 Å². The summed E-state index contributed by atoms with van der Waals surface area (Å²) in [7, 11) is 0. The van der Waals surface area contributed by atoms with Gasteiger partial charge in [0.05, 0.1) is 6.10 Å². The third kappa shape index (κ3) is 6.32. The average Bonchev–Trinajstić information content (AvgIpc) is 2.62. The number of hydrogen-bond donors (Lipinski definition) is 3. The van der Waals surface area contributed by atoms with Crippen LogP contribution in [0.2, 0.25) is 0 Å². The van der Waals surface area contributed by atoms with Gasteiger partial charge in [-0.2, -0.15) is 0 Å². The third-order valence-electron chi connectivity index (χ3n) is 4.58. The molecule has 152 valence electrons. The summed E-state index contributed by atoms with van der Waals surface area (Å²) in [5.74, 6) is -0.980. The Hall–Kier alpha value is -2.44. The number of carbonyl (C=O) groups excluding carboxylic acids is 2. The van der Waals surface area contributed by atoms with Crippen LogP contribution in [0.3, 0.4) is 0 Å². The highest BCUT2D eigenvalue weighted by Gasteiger charge is 2.21. The van der Waals surface area contributed by atoms with Crippen LogP contribution in [0.1, 0.15) is 60.5 Å². The van der Waals surface area contributed by atoms with Crippen LogP contribution in [-0.4, -0.2) is 45.9 Å². The number of aliphatic hydroxyl groups excluding tert-OH is 2. The number of esters is 1. The Morgan fingerprint density at radius 3 is 2.61 bits per heavy atom. The van der Waals surface area contributed by atoms with E-state index >= 15 is 0 Å². The Balaban J connectivity index is 2.42. The molecule has 0 spiro atoms. The molecule has 1 aliphatic rings. The molecule has 1 aromatic rings. The van der Waals surface area contributed by atoms with Crippen molar-refractivity contribution in [2.45, 2.75) is 57.7 Å². The molecule has 0 saturated heterocycles. The molecule has 2 rings (SSSR count). The number of aryl methyl sites for hydroxylation is 1. The van der Waals surface area contributed by atoms with Crippen molar-refractivity contribution in [3.8, 4) is 5.75 Å². The predicted molar refractivity (Wildman–Crippen MR) is 106 cm³/mol. The number of fused-ring (bicyclic) bond motifs is 1. The van der Waals surface area contributed by atoms with Gasteiger partial charge in [0.2, 0.25) is 0 Å². The number of hydrogen-bond acceptors (Lipinski definition) is 6. The first-order valence-electron chi connectivity index (χ1n) is 9.63. The van der Waals surface area contributed by atoms with E-state index in [1.54, 1.807) is 31.2 Å². The minimum Gasteiger partial charge on any atom is -0.507 e. The molecule has 0 saturated carbocycles. The zero-order chi connectivity index (χ0) is 20.5. The molecule has 28 heavy (non-hydrogen) atoms. The fourth-order valence-corrected chi connectivity index (χ4v) is 3.11. The van der Waals surface area contributed by atoms with Crippen LogP contribution in [0, 0.1) is 0 Å². The van der Waals surface area contributed by atoms with Crippen LogP contribution in [0.15, 0.2) is 30.4 Å². The van der Waals surface area contributed by atoms with Gasteiger partial charge < -0.3 is 20.1 Å². The van der Waals surface area contributed by atoms with Crippen LogP contribution >= 0.6 is 0 Å². The van der Waals surface area contributed by atoms with Gasteiger partial charge in [0.25, 0.3) is 0 Å². The largest absolute Gasteiger partial charge is 0.507 e. The van der Waals surface area contributed by atoms with Crippen molar-refractivity contribution in [3.05, 3.63) is 47.1 Å². The van der Waals surface area contributed by atoms with E-state index < -0.39 is 18.2 Å². The van der Waals surface area contributed by atoms with Gasteiger partial charge in [0, 0.05) is 19.4 Å². The number of benzene rings is 1. The minimum absolute atomic E-state index is 0.0191. The van der Waals surface area contributed by atoms with Crippen molar-refractivity contribution in [1.29, 1.82) is 0 Å². The smallest absolute Gasteiger partial charge is 0.342 e. The first-order chi connectivity index (χ1) is 13.4. The van der Waals surface area contributed by atoms with E-state index in [1.807, 2.05) is 0 Å². The maximum absolute atomic E-state index is 12.7. The highest BCUT2D eigenvalue weighted by molar-refractivity contribution is 5.97. The normalized spacial score (nSPS) is 23.4. The molecule has 0 aliphatic carbocycles. The zero-order valence-electron chi connectivity index (χ0n) is 16.1. The van der Waals surface area contributed by atoms with E-state index in [0.717, 1.165) is 12.0 Å². The number of ether oxygens (including phenoxy) is 1. The number of phenols is 1. The van der Waals surface area contributed by atoms with Crippen LogP contribution in [0.5, 0.6) is 5.75 Å². The molecule has 0 amide bonds. The lowest BCUT2D eigenvalue weighted by molar-refractivity contribution is -0.116. The van der Waals surface area contributed by atoms with Crippen LogP contribution in [0.25, 0.3) is 6.08 Å². The summed E-state index contributed by atoms with van der Waals surface area (Å²) in [5.41, 5.74) is 1.48. The van der Waals surface area contributed by atoms with E-state index in [2.05, 4.69) is 0 Å². The first kappa shape index (κ1) is 21.9. The molecular weight excluding hydrogens is 360 g/mol. The Bertz CT molecular complexity index is 750. The number of cyclic esters (lactones) is 1. The summed E-state index contributed by atoms with van der Waals surface area (Å²) in [4.78, 5) is 24.6. The van der Waals surface area contributed by atoms with E-state index in [0.29, 0.717) is 24.8 Å². The third-order valence-corrected chi connectivity index (χ3v) is 4.58. The minimum atomic E-state index is -0.820. The fourth-order valence-electron chi connectivity index (χ4n) is 3.11. The molecular formula is C22H28O6.